The van der Waals surface area contributed by atoms with Gasteiger partial charge in [0.15, 0.2) is 6.29 Å². The Hall–Kier alpha value is -0.360. The first kappa shape index (κ1) is 43.7. The van der Waals surface area contributed by atoms with Crippen LogP contribution in [0.25, 0.3) is 0 Å². The minimum absolute atomic E-state index is 0.0549. The zero-order valence-corrected chi connectivity index (χ0v) is 30.0. The van der Waals surface area contributed by atoms with Crippen LogP contribution in [0.15, 0.2) is 0 Å². The molecular weight excluding hydrogens is 588 g/mol. The van der Waals surface area contributed by atoms with Gasteiger partial charge in [0, 0.05) is 13.2 Å². The molecule has 276 valence electrons. The summed E-state index contributed by atoms with van der Waals surface area (Å²) in [6.07, 6.45) is 25.5. The highest BCUT2D eigenvalue weighted by Gasteiger charge is 2.13. The van der Waals surface area contributed by atoms with Gasteiger partial charge in [0.2, 0.25) is 0 Å². The van der Waals surface area contributed by atoms with Gasteiger partial charge in [-0.15, -0.1) is 0 Å². The van der Waals surface area contributed by atoms with Gasteiger partial charge in [0.1, 0.15) is 0 Å². The summed E-state index contributed by atoms with van der Waals surface area (Å²) in [6, 6.07) is 0. The molecular formula is C37H74O9. The lowest BCUT2D eigenvalue weighted by atomic mass is 10.0. The number of hydrogen-bond acceptors (Lipinski definition) is 9. The van der Waals surface area contributed by atoms with E-state index in [1.807, 2.05) is 0 Å². The van der Waals surface area contributed by atoms with Gasteiger partial charge in [0.25, 0.3) is 0 Å². The molecule has 1 unspecified atom stereocenters. The van der Waals surface area contributed by atoms with Crippen LogP contribution in [0.1, 0.15) is 129 Å². The third kappa shape index (κ3) is 35.0. The van der Waals surface area contributed by atoms with Crippen molar-refractivity contribution in [3.63, 3.8) is 0 Å². The Balaban J connectivity index is 1.59. The lowest BCUT2D eigenvalue weighted by Crippen LogP contribution is -2.24. The van der Waals surface area contributed by atoms with Crippen LogP contribution in [0.5, 0.6) is 0 Å². The van der Waals surface area contributed by atoms with Crippen molar-refractivity contribution in [2.24, 2.45) is 0 Å². The molecule has 1 rings (SSSR count). The van der Waals surface area contributed by atoms with Gasteiger partial charge in [-0.3, -0.25) is 0 Å². The summed E-state index contributed by atoms with van der Waals surface area (Å²) in [6.45, 7) is 11.9. The lowest BCUT2D eigenvalue weighted by molar-refractivity contribution is -0.169. The molecule has 46 heavy (non-hydrogen) atoms. The predicted molar refractivity (Wildman–Crippen MR) is 185 cm³/mol. The number of unbranched alkanes of at least 4 members (excludes halogenated alkanes) is 15. The molecule has 0 bridgehead atoms. The van der Waals surface area contributed by atoms with Crippen molar-refractivity contribution in [1.29, 1.82) is 0 Å². The highest BCUT2D eigenvalue weighted by atomic mass is 16.7. The molecule has 1 fully saturated rings. The third-order valence-corrected chi connectivity index (χ3v) is 8.04. The lowest BCUT2D eigenvalue weighted by Gasteiger charge is -2.22. The van der Waals surface area contributed by atoms with E-state index in [1.165, 1.54) is 103 Å². The Morgan fingerprint density at radius 3 is 1.04 bits per heavy atom. The molecule has 9 nitrogen and oxygen atoms in total. The van der Waals surface area contributed by atoms with Crippen molar-refractivity contribution in [2.75, 3.05) is 106 Å². The van der Waals surface area contributed by atoms with Crippen molar-refractivity contribution in [3.05, 3.63) is 0 Å². The average molecular weight is 663 g/mol. The van der Waals surface area contributed by atoms with E-state index < -0.39 is 0 Å². The van der Waals surface area contributed by atoms with Gasteiger partial charge < -0.3 is 42.6 Å². The SMILES string of the molecule is CCCCCCCCCCCCCCCCCCOCCOCCOCCOCCOCCOCCOCCOC1CCCCO1. The topological polar surface area (TPSA) is 83.1 Å². The van der Waals surface area contributed by atoms with E-state index in [1.54, 1.807) is 0 Å². The molecule has 0 N–H and O–H groups in total. The average Bonchev–Trinajstić information content (AvgIpc) is 3.08. The van der Waals surface area contributed by atoms with E-state index in [-0.39, 0.29) is 6.29 Å². The Morgan fingerprint density at radius 1 is 0.370 bits per heavy atom. The molecule has 1 saturated heterocycles. The largest absolute Gasteiger partial charge is 0.379 e. The number of hydrogen-bond donors (Lipinski definition) is 0. The van der Waals surface area contributed by atoms with E-state index in [9.17, 15) is 0 Å². The monoisotopic (exact) mass is 663 g/mol. The van der Waals surface area contributed by atoms with Crippen molar-refractivity contribution in [1.82, 2.24) is 0 Å². The molecule has 0 spiro atoms. The van der Waals surface area contributed by atoms with Crippen LogP contribution in [0.2, 0.25) is 0 Å². The first-order valence-corrected chi connectivity index (χ1v) is 19.2. The summed E-state index contributed by atoms with van der Waals surface area (Å²) in [5.41, 5.74) is 0. The zero-order chi connectivity index (χ0) is 32.7. The van der Waals surface area contributed by atoms with E-state index >= 15 is 0 Å². The standard InChI is InChI=1S/C37H74O9/c1-2-3-4-5-6-7-8-9-10-11-12-13-14-15-16-18-21-38-23-24-39-25-26-40-27-28-41-29-30-42-31-32-43-33-34-44-35-36-46-37-20-17-19-22-45-37/h37H,2-36H2,1H3. The summed E-state index contributed by atoms with van der Waals surface area (Å²) < 4.78 is 50.0. The van der Waals surface area contributed by atoms with Crippen LogP contribution in [0.3, 0.4) is 0 Å². The fourth-order valence-electron chi connectivity index (χ4n) is 5.25. The number of rotatable bonds is 39. The molecule has 1 aliphatic heterocycles. The zero-order valence-electron chi connectivity index (χ0n) is 30.0. The maximum Gasteiger partial charge on any atom is 0.157 e. The maximum atomic E-state index is 5.69. The summed E-state index contributed by atoms with van der Waals surface area (Å²) >= 11 is 0. The quantitative estimate of drug-likeness (QED) is 0.0610. The van der Waals surface area contributed by atoms with Crippen LogP contribution in [0, 0.1) is 0 Å². The fourth-order valence-corrected chi connectivity index (χ4v) is 5.25. The van der Waals surface area contributed by atoms with Crippen LogP contribution in [0.4, 0.5) is 0 Å². The van der Waals surface area contributed by atoms with Gasteiger partial charge >= 0.3 is 0 Å². The molecule has 0 aliphatic carbocycles. The van der Waals surface area contributed by atoms with Crippen molar-refractivity contribution < 1.29 is 42.6 Å². The van der Waals surface area contributed by atoms with E-state index in [0.29, 0.717) is 92.5 Å². The fraction of sp³-hybridized carbons (Fsp3) is 1.00. The second-order valence-corrected chi connectivity index (χ2v) is 12.3. The van der Waals surface area contributed by atoms with E-state index in [4.69, 9.17) is 42.6 Å². The molecule has 0 aromatic carbocycles. The molecule has 1 aliphatic rings. The van der Waals surface area contributed by atoms with Crippen LogP contribution < -0.4 is 0 Å². The summed E-state index contributed by atoms with van der Waals surface area (Å²) in [4.78, 5) is 0. The summed E-state index contributed by atoms with van der Waals surface area (Å²) in [5.74, 6) is 0. The first-order chi connectivity index (χ1) is 22.9. The van der Waals surface area contributed by atoms with Crippen molar-refractivity contribution in [2.45, 2.75) is 135 Å². The second kappa shape index (κ2) is 39.1. The maximum absolute atomic E-state index is 5.69. The molecule has 1 atom stereocenters. The molecule has 1 heterocycles. The van der Waals surface area contributed by atoms with Gasteiger partial charge in [0.05, 0.1) is 92.5 Å². The van der Waals surface area contributed by atoms with Crippen LogP contribution >= 0.6 is 0 Å². The second-order valence-electron chi connectivity index (χ2n) is 12.3. The molecule has 9 heteroatoms. The molecule has 0 saturated carbocycles. The highest BCUT2D eigenvalue weighted by molar-refractivity contribution is 4.54. The van der Waals surface area contributed by atoms with Gasteiger partial charge in [-0.05, 0) is 25.7 Å². The van der Waals surface area contributed by atoms with Gasteiger partial charge in [-0.25, -0.2) is 0 Å². The van der Waals surface area contributed by atoms with Crippen LogP contribution in [-0.2, 0) is 42.6 Å². The van der Waals surface area contributed by atoms with Crippen LogP contribution in [-0.4, -0.2) is 112 Å². The van der Waals surface area contributed by atoms with E-state index in [2.05, 4.69) is 6.92 Å². The molecule has 0 aromatic heterocycles. The minimum atomic E-state index is -0.0549. The Morgan fingerprint density at radius 2 is 0.696 bits per heavy atom. The van der Waals surface area contributed by atoms with Gasteiger partial charge in [-0.1, -0.05) is 103 Å². The molecule has 0 amide bonds. The van der Waals surface area contributed by atoms with E-state index in [0.717, 1.165) is 32.5 Å². The Kier molecular flexibility index (Phi) is 37.1. The molecule has 0 aromatic rings. The Labute approximate surface area is 283 Å². The van der Waals surface area contributed by atoms with Gasteiger partial charge in [-0.2, -0.15) is 0 Å². The number of ether oxygens (including phenoxy) is 9. The molecule has 0 radical (unpaired) electrons. The third-order valence-electron chi connectivity index (χ3n) is 8.04. The first-order valence-electron chi connectivity index (χ1n) is 19.2. The summed E-state index contributed by atoms with van der Waals surface area (Å²) in [7, 11) is 0. The Bertz CT molecular complexity index is 549. The summed E-state index contributed by atoms with van der Waals surface area (Å²) in [5, 5.41) is 0. The van der Waals surface area contributed by atoms with Crippen molar-refractivity contribution >= 4 is 0 Å². The smallest absolute Gasteiger partial charge is 0.157 e. The normalized spacial score (nSPS) is 15.2. The minimum Gasteiger partial charge on any atom is -0.379 e. The van der Waals surface area contributed by atoms with Crippen molar-refractivity contribution in [3.8, 4) is 0 Å². The predicted octanol–water partition coefficient (Wildman–Crippen LogP) is 7.91. The highest BCUT2D eigenvalue weighted by Crippen LogP contribution is 2.14.